The molecule has 0 saturated carbocycles. The molecule has 0 aliphatic rings. The number of thiazole rings is 1. The second-order valence-electron chi connectivity index (χ2n) is 5.17. The Morgan fingerprint density at radius 2 is 2.05 bits per heavy atom. The Labute approximate surface area is 138 Å². The van der Waals surface area contributed by atoms with Crippen molar-refractivity contribution in [2.24, 2.45) is 0 Å². The lowest BCUT2D eigenvalue weighted by molar-refractivity contribution is -0.123. The molecule has 1 aromatic carbocycles. The topological polar surface area (TPSA) is 36.4 Å². The fourth-order valence-corrected chi connectivity index (χ4v) is 3.19. The number of benzene rings is 1. The average molecular weight is 342 g/mol. The number of hydrogen-bond acceptors (Lipinski definition) is 4. The van der Waals surface area contributed by atoms with Crippen molar-refractivity contribution < 1.29 is 9.18 Å². The van der Waals surface area contributed by atoms with E-state index < -0.39 is 11.9 Å². The minimum atomic E-state index is -0.817. The number of anilines is 1. The lowest BCUT2D eigenvalue weighted by Gasteiger charge is -2.28. The van der Waals surface area contributed by atoms with E-state index in [1.807, 2.05) is 12.3 Å². The van der Waals surface area contributed by atoms with Gasteiger partial charge in [-0.3, -0.25) is 14.6 Å². The molecular weight excluding hydrogens is 325 g/mol. The molecular formula is C15H17ClFN3OS. The normalized spacial score (nSPS) is 12.5. The molecule has 1 unspecified atom stereocenters. The first kappa shape index (κ1) is 16.9. The lowest BCUT2D eigenvalue weighted by Crippen LogP contribution is -2.39. The van der Waals surface area contributed by atoms with E-state index in [4.69, 9.17) is 11.6 Å². The highest BCUT2D eigenvalue weighted by Gasteiger charge is 2.31. The second-order valence-corrected chi connectivity index (χ2v) is 6.41. The van der Waals surface area contributed by atoms with Gasteiger partial charge in [-0.1, -0.05) is 17.7 Å². The third-order valence-corrected chi connectivity index (χ3v) is 4.61. The fraction of sp³-hybridized carbons (Fsp3) is 0.333. The molecule has 1 aromatic heterocycles. The van der Waals surface area contributed by atoms with Crippen LogP contribution in [0, 0.1) is 12.7 Å². The van der Waals surface area contributed by atoms with Crippen LogP contribution in [-0.4, -0.2) is 36.9 Å². The molecule has 118 valence electrons. The predicted octanol–water partition coefficient (Wildman–Crippen LogP) is 3.51. The van der Waals surface area contributed by atoms with Crippen LogP contribution in [0.1, 0.15) is 17.3 Å². The Morgan fingerprint density at radius 3 is 2.55 bits per heavy atom. The Kier molecular flexibility index (Phi) is 5.16. The van der Waals surface area contributed by atoms with Crippen LogP contribution < -0.4 is 4.90 Å². The minimum absolute atomic E-state index is 0.180. The van der Waals surface area contributed by atoms with Crippen LogP contribution in [0.15, 0.2) is 23.6 Å². The quantitative estimate of drug-likeness (QED) is 0.853. The lowest BCUT2D eigenvalue weighted by atomic mass is 10.0. The number of nitrogens with zero attached hydrogens (tertiary/aromatic N) is 3. The largest absolute Gasteiger partial charge is 0.294 e. The van der Waals surface area contributed by atoms with E-state index >= 15 is 0 Å². The fourth-order valence-electron chi connectivity index (χ4n) is 2.15. The van der Waals surface area contributed by atoms with Gasteiger partial charge in [0.25, 0.3) is 5.91 Å². The molecule has 22 heavy (non-hydrogen) atoms. The van der Waals surface area contributed by atoms with E-state index in [-0.39, 0.29) is 16.5 Å². The van der Waals surface area contributed by atoms with E-state index in [0.29, 0.717) is 5.13 Å². The van der Waals surface area contributed by atoms with Gasteiger partial charge in [-0.05, 0) is 33.2 Å². The van der Waals surface area contributed by atoms with Crippen LogP contribution in [0.25, 0.3) is 0 Å². The Bertz CT molecular complexity index is 669. The summed E-state index contributed by atoms with van der Waals surface area (Å²) in [5, 5.41) is 2.66. The number of halogens is 2. The Morgan fingerprint density at radius 1 is 1.36 bits per heavy atom. The molecule has 0 aliphatic heterocycles. The number of likely N-dealkylation sites (N-methyl/N-ethyl adjacent to an activating group) is 2. The van der Waals surface area contributed by atoms with Crippen molar-refractivity contribution in [1.82, 2.24) is 9.88 Å². The first-order valence-corrected chi connectivity index (χ1v) is 7.88. The number of carbonyl (C=O) groups is 1. The Balaban J connectivity index is 2.42. The SMILES string of the molecule is Cc1csc(N(C)C(=O)C(c2c(F)cccc2Cl)N(C)C)n1. The first-order valence-electron chi connectivity index (χ1n) is 6.63. The third-order valence-electron chi connectivity index (χ3n) is 3.25. The molecule has 0 N–H and O–H groups in total. The highest BCUT2D eigenvalue weighted by Crippen LogP contribution is 2.31. The molecule has 0 aliphatic carbocycles. The molecule has 1 amide bonds. The third kappa shape index (κ3) is 3.29. The molecule has 2 rings (SSSR count). The van der Waals surface area contributed by atoms with E-state index in [2.05, 4.69) is 4.98 Å². The van der Waals surface area contributed by atoms with Gasteiger partial charge in [0.1, 0.15) is 11.9 Å². The predicted molar refractivity (Wildman–Crippen MR) is 88.1 cm³/mol. The molecule has 0 spiro atoms. The van der Waals surface area contributed by atoms with Gasteiger partial charge in [0, 0.05) is 23.0 Å². The Hall–Kier alpha value is -1.50. The van der Waals surface area contributed by atoms with Crippen molar-refractivity contribution in [2.45, 2.75) is 13.0 Å². The number of aryl methyl sites for hydroxylation is 1. The maximum Gasteiger partial charge on any atom is 0.250 e. The van der Waals surface area contributed by atoms with Crippen molar-refractivity contribution in [3.05, 3.63) is 45.7 Å². The summed E-state index contributed by atoms with van der Waals surface area (Å²) in [7, 11) is 5.06. The maximum absolute atomic E-state index is 14.2. The number of hydrogen-bond donors (Lipinski definition) is 0. The number of carbonyl (C=O) groups excluding carboxylic acids is 1. The van der Waals surface area contributed by atoms with Gasteiger partial charge in [-0.15, -0.1) is 11.3 Å². The molecule has 4 nitrogen and oxygen atoms in total. The number of amides is 1. The monoisotopic (exact) mass is 341 g/mol. The molecule has 1 atom stereocenters. The van der Waals surface area contributed by atoms with Gasteiger partial charge >= 0.3 is 0 Å². The van der Waals surface area contributed by atoms with Crippen LogP contribution in [0.3, 0.4) is 0 Å². The molecule has 0 fully saturated rings. The summed E-state index contributed by atoms with van der Waals surface area (Å²) in [6.45, 7) is 1.86. The van der Waals surface area contributed by atoms with Crippen LogP contribution in [0.4, 0.5) is 9.52 Å². The summed E-state index contributed by atoms with van der Waals surface area (Å²) in [5.41, 5.74) is 1.02. The number of rotatable bonds is 4. The summed E-state index contributed by atoms with van der Waals surface area (Å²) in [6, 6.07) is 3.59. The maximum atomic E-state index is 14.2. The van der Waals surface area contributed by atoms with Crippen LogP contribution in [-0.2, 0) is 4.79 Å². The van der Waals surface area contributed by atoms with E-state index in [1.54, 1.807) is 32.1 Å². The second kappa shape index (κ2) is 6.73. The molecule has 0 saturated heterocycles. The van der Waals surface area contributed by atoms with Crippen LogP contribution in [0.2, 0.25) is 5.02 Å². The summed E-state index contributed by atoms with van der Waals surface area (Å²) in [5.74, 6) is -0.783. The highest BCUT2D eigenvalue weighted by atomic mass is 35.5. The summed E-state index contributed by atoms with van der Waals surface area (Å²) < 4.78 is 14.2. The molecule has 1 heterocycles. The van der Waals surface area contributed by atoms with Crippen LogP contribution in [0.5, 0.6) is 0 Å². The summed E-state index contributed by atoms with van der Waals surface area (Å²) in [6.07, 6.45) is 0. The van der Waals surface area contributed by atoms with Gasteiger partial charge < -0.3 is 0 Å². The average Bonchev–Trinajstić information content (AvgIpc) is 2.87. The molecule has 2 aromatic rings. The van der Waals surface area contributed by atoms with Crippen molar-refractivity contribution in [3.8, 4) is 0 Å². The molecule has 0 radical (unpaired) electrons. The summed E-state index contributed by atoms with van der Waals surface area (Å²) >= 11 is 7.48. The van der Waals surface area contributed by atoms with Crippen molar-refractivity contribution in [3.63, 3.8) is 0 Å². The van der Waals surface area contributed by atoms with Gasteiger partial charge in [0.05, 0.1) is 5.69 Å². The van der Waals surface area contributed by atoms with Crippen molar-refractivity contribution in [1.29, 1.82) is 0 Å². The zero-order valence-corrected chi connectivity index (χ0v) is 14.4. The minimum Gasteiger partial charge on any atom is -0.294 e. The van der Waals surface area contributed by atoms with E-state index in [9.17, 15) is 9.18 Å². The summed E-state index contributed by atoms with van der Waals surface area (Å²) in [4.78, 5) is 20.2. The van der Waals surface area contributed by atoms with E-state index in [0.717, 1.165) is 5.69 Å². The van der Waals surface area contributed by atoms with Gasteiger partial charge in [0.15, 0.2) is 5.13 Å². The standard InChI is InChI=1S/C15H17ClFN3OS/c1-9-8-22-15(18-9)20(4)14(21)13(19(2)3)12-10(16)6-5-7-11(12)17/h5-8,13H,1-4H3. The number of aromatic nitrogens is 1. The van der Waals surface area contributed by atoms with Gasteiger partial charge in [-0.2, -0.15) is 0 Å². The molecule has 7 heteroatoms. The zero-order chi connectivity index (χ0) is 16.4. The van der Waals surface area contributed by atoms with Gasteiger partial charge in [0.2, 0.25) is 0 Å². The van der Waals surface area contributed by atoms with Gasteiger partial charge in [-0.25, -0.2) is 9.37 Å². The molecule has 0 bridgehead atoms. The van der Waals surface area contributed by atoms with Crippen molar-refractivity contribution in [2.75, 3.05) is 26.0 Å². The van der Waals surface area contributed by atoms with Crippen molar-refractivity contribution >= 4 is 34.0 Å². The highest BCUT2D eigenvalue weighted by molar-refractivity contribution is 7.14. The van der Waals surface area contributed by atoms with E-state index in [1.165, 1.54) is 28.4 Å². The smallest absolute Gasteiger partial charge is 0.250 e. The first-order chi connectivity index (χ1) is 10.3. The van der Waals surface area contributed by atoms with Crippen LogP contribution >= 0.6 is 22.9 Å². The zero-order valence-electron chi connectivity index (χ0n) is 12.8.